The highest BCUT2D eigenvalue weighted by molar-refractivity contribution is 5.51. The first-order chi connectivity index (χ1) is 4.41. The lowest BCUT2D eigenvalue weighted by molar-refractivity contribution is -0.107. The number of hydrogen-bond donors (Lipinski definition) is 0. The van der Waals surface area contributed by atoms with Crippen LogP contribution >= 0.6 is 0 Å². The van der Waals surface area contributed by atoms with Gasteiger partial charge in [0.2, 0.25) is 0 Å². The fourth-order valence-electron chi connectivity index (χ4n) is 0.406. The molecule has 0 spiro atoms. The van der Waals surface area contributed by atoms with Gasteiger partial charge in [-0.25, -0.2) is 0 Å². The molecule has 0 saturated carbocycles. The Morgan fingerprint density at radius 3 is 2.78 bits per heavy atom. The predicted molar refractivity (Wildman–Crippen MR) is 36.3 cm³/mol. The molecule has 9 heavy (non-hydrogen) atoms. The Morgan fingerprint density at radius 1 is 1.44 bits per heavy atom. The van der Waals surface area contributed by atoms with E-state index >= 15 is 0 Å². The summed E-state index contributed by atoms with van der Waals surface area (Å²) < 4.78 is 4.98. The molecule has 52 valence electrons. The van der Waals surface area contributed by atoms with Gasteiger partial charge in [-0.2, -0.15) is 0 Å². The second-order valence-corrected chi connectivity index (χ2v) is 1.53. The van der Waals surface area contributed by atoms with Crippen LogP contribution in [0, 0.1) is 0 Å². The highest BCUT2D eigenvalue weighted by Gasteiger charge is 1.74. The first-order valence-electron chi connectivity index (χ1n) is 3.08. The first kappa shape index (κ1) is 8.37. The van der Waals surface area contributed by atoms with E-state index in [1.807, 2.05) is 13.0 Å². The Labute approximate surface area is 55.5 Å². The van der Waals surface area contributed by atoms with Crippen molar-refractivity contribution in [1.29, 1.82) is 0 Å². The van der Waals surface area contributed by atoms with Crippen molar-refractivity contribution in [3.63, 3.8) is 0 Å². The highest BCUT2D eigenvalue weighted by atomic mass is 16.5. The van der Waals surface area contributed by atoms with Crippen molar-refractivity contribution in [2.75, 3.05) is 13.2 Å². The highest BCUT2D eigenvalue weighted by Crippen LogP contribution is 1.79. The van der Waals surface area contributed by atoms with Crippen LogP contribution < -0.4 is 0 Å². The van der Waals surface area contributed by atoms with Crippen molar-refractivity contribution in [3.8, 4) is 0 Å². The zero-order chi connectivity index (χ0) is 6.95. The average Bonchev–Trinajstić information content (AvgIpc) is 1.89. The van der Waals surface area contributed by atoms with E-state index in [0.29, 0.717) is 13.0 Å². The lowest BCUT2D eigenvalue weighted by Gasteiger charge is -1.90. The molecule has 0 unspecified atom stereocenters. The summed E-state index contributed by atoms with van der Waals surface area (Å²) in [6.45, 7) is 3.28. The van der Waals surface area contributed by atoms with Crippen molar-refractivity contribution in [2.45, 2.75) is 13.3 Å². The molecule has 0 aromatic rings. The normalized spacial score (nSPS) is 10.3. The summed E-state index contributed by atoms with van der Waals surface area (Å²) in [6, 6.07) is 0. The van der Waals surface area contributed by atoms with Gasteiger partial charge >= 0.3 is 0 Å². The summed E-state index contributed by atoms with van der Waals surface area (Å²) in [6.07, 6.45) is 5.00. The number of allylic oxidation sites excluding steroid dienone is 1. The molecule has 0 rings (SSSR count). The van der Waals surface area contributed by atoms with E-state index in [1.54, 1.807) is 6.08 Å². The number of carbonyl (C=O) groups is 1. The van der Waals surface area contributed by atoms with Gasteiger partial charge in [-0.15, -0.1) is 0 Å². The van der Waals surface area contributed by atoms with Crippen molar-refractivity contribution in [3.05, 3.63) is 12.2 Å². The lowest BCUT2D eigenvalue weighted by atomic mass is 10.4. The van der Waals surface area contributed by atoms with Crippen molar-refractivity contribution >= 4 is 6.29 Å². The summed E-state index contributed by atoms with van der Waals surface area (Å²) in [5.74, 6) is 0. The van der Waals surface area contributed by atoms with Gasteiger partial charge in [0.25, 0.3) is 0 Å². The minimum absolute atomic E-state index is 0.493. The smallest absolute Gasteiger partial charge is 0.123 e. The Bertz CT molecular complexity index is 86.9. The Hall–Kier alpha value is -0.630. The van der Waals surface area contributed by atoms with E-state index in [4.69, 9.17) is 4.74 Å². The molecular formula is C7H12O2. The maximum Gasteiger partial charge on any atom is 0.123 e. The topological polar surface area (TPSA) is 26.3 Å². The van der Waals surface area contributed by atoms with Gasteiger partial charge in [-0.3, -0.25) is 0 Å². The zero-order valence-electron chi connectivity index (χ0n) is 5.67. The fraction of sp³-hybridized carbons (Fsp3) is 0.571. The van der Waals surface area contributed by atoms with E-state index in [9.17, 15) is 4.79 Å². The average molecular weight is 128 g/mol. The molecule has 0 aliphatic carbocycles. The van der Waals surface area contributed by atoms with E-state index in [-0.39, 0.29) is 0 Å². The molecule has 0 aliphatic heterocycles. The minimum atomic E-state index is 0.493. The molecule has 0 fully saturated rings. The molecule has 0 atom stereocenters. The van der Waals surface area contributed by atoms with Crippen molar-refractivity contribution in [2.24, 2.45) is 0 Å². The third-order valence-electron chi connectivity index (χ3n) is 0.817. The van der Waals surface area contributed by atoms with Gasteiger partial charge in [0.15, 0.2) is 0 Å². The molecule has 0 N–H and O–H groups in total. The van der Waals surface area contributed by atoms with Crippen LogP contribution in [0.4, 0.5) is 0 Å². The first-order valence-corrected chi connectivity index (χ1v) is 3.08. The van der Waals surface area contributed by atoms with Crippen LogP contribution in [-0.2, 0) is 9.53 Å². The maximum atomic E-state index is 9.75. The standard InChI is InChI=1S/C7H12O2/c1-2-9-7-5-3-4-6-8/h3,5-6H,2,4,7H2,1H3/b5-3+. The number of aldehydes is 1. The summed E-state index contributed by atoms with van der Waals surface area (Å²) >= 11 is 0. The van der Waals surface area contributed by atoms with Crippen molar-refractivity contribution in [1.82, 2.24) is 0 Å². The second kappa shape index (κ2) is 7.37. The van der Waals surface area contributed by atoms with Gasteiger partial charge < -0.3 is 9.53 Å². The second-order valence-electron chi connectivity index (χ2n) is 1.53. The molecule has 0 radical (unpaired) electrons. The summed E-state index contributed by atoms with van der Waals surface area (Å²) in [7, 11) is 0. The molecule has 2 heteroatoms. The largest absolute Gasteiger partial charge is 0.378 e. The summed E-state index contributed by atoms with van der Waals surface area (Å²) in [5, 5.41) is 0. The van der Waals surface area contributed by atoms with Crippen LogP contribution in [0.5, 0.6) is 0 Å². The van der Waals surface area contributed by atoms with E-state index in [0.717, 1.165) is 12.9 Å². The zero-order valence-corrected chi connectivity index (χ0v) is 5.67. The van der Waals surface area contributed by atoms with Crippen molar-refractivity contribution < 1.29 is 9.53 Å². The Balaban J connectivity index is 2.94. The number of ether oxygens (including phenoxy) is 1. The van der Waals surface area contributed by atoms with Crippen LogP contribution in [0.3, 0.4) is 0 Å². The minimum Gasteiger partial charge on any atom is -0.378 e. The third kappa shape index (κ3) is 7.37. The number of carbonyl (C=O) groups excluding carboxylic acids is 1. The summed E-state index contributed by atoms with van der Waals surface area (Å²) in [4.78, 5) is 9.75. The van der Waals surface area contributed by atoms with Gasteiger partial charge in [-0.05, 0) is 6.92 Å². The maximum absolute atomic E-state index is 9.75. The van der Waals surface area contributed by atoms with Crippen LogP contribution in [0.1, 0.15) is 13.3 Å². The lowest BCUT2D eigenvalue weighted by Crippen LogP contribution is -1.87. The van der Waals surface area contributed by atoms with E-state index in [1.165, 1.54) is 0 Å². The fourth-order valence-corrected chi connectivity index (χ4v) is 0.406. The molecule has 0 aliphatic rings. The Morgan fingerprint density at radius 2 is 2.22 bits per heavy atom. The molecular weight excluding hydrogens is 116 g/mol. The van der Waals surface area contributed by atoms with E-state index in [2.05, 4.69) is 0 Å². The number of rotatable bonds is 5. The van der Waals surface area contributed by atoms with Crippen LogP contribution in [0.15, 0.2) is 12.2 Å². The number of hydrogen-bond acceptors (Lipinski definition) is 2. The quantitative estimate of drug-likeness (QED) is 0.315. The molecule has 0 aromatic carbocycles. The predicted octanol–water partition coefficient (Wildman–Crippen LogP) is 1.17. The Kier molecular flexibility index (Phi) is 6.85. The molecule has 0 heterocycles. The third-order valence-corrected chi connectivity index (χ3v) is 0.817. The monoisotopic (exact) mass is 128 g/mol. The van der Waals surface area contributed by atoms with Gasteiger partial charge in [0.1, 0.15) is 6.29 Å². The molecule has 0 bridgehead atoms. The van der Waals surface area contributed by atoms with Gasteiger partial charge in [0, 0.05) is 13.0 Å². The van der Waals surface area contributed by atoms with Crippen LogP contribution in [0.2, 0.25) is 0 Å². The van der Waals surface area contributed by atoms with E-state index < -0.39 is 0 Å². The molecule has 0 amide bonds. The molecule has 2 nitrogen and oxygen atoms in total. The van der Waals surface area contributed by atoms with Gasteiger partial charge in [0.05, 0.1) is 6.61 Å². The van der Waals surface area contributed by atoms with Crippen LogP contribution in [0.25, 0.3) is 0 Å². The van der Waals surface area contributed by atoms with Gasteiger partial charge in [-0.1, -0.05) is 12.2 Å². The van der Waals surface area contributed by atoms with Crippen LogP contribution in [-0.4, -0.2) is 19.5 Å². The molecule has 0 saturated heterocycles. The summed E-state index contributed by atoms with van der Waals surface area (Å²) in [5.41, 5.74) is 0. The molecule has 0 aromatic heterocycles. The SMILES string of the molecule is CCOC/C=C/CC=O.